The number of piperazine rings is 1. The van der Waals surface area contributed by atoms with Gasteiger partial charge in [-0.3, -0.25) is 14.5 Å². The normalized spacial score (nSPS) is 17.1. The molecule has 1 aromatic carbocycles. The number of benzene rings is 1. The van der Waals surface area contributed by atoms with Gasteiger partial charge in [0.1, 0.15) is 11.4 Å². The summed E-state index contributed by atoms with van der Waals surface area (Å²) in [6.45, 7) is 2.70. The molecule has 2 fully saturated rings. The maximum atomic E-state index is 15.1. The lowest BCUT2D eigenvalue weighted by atomic mass is 10.1. The van der Waals surface area contributed by atoms with Gasteiger partial charge in [0, 0.05) is 54.7 Å². The number of aromatic carboxylic acids is 1. The van der Waals surface area contributed by atoms with Gasteiger partial charge in [-0.1, -0.05) is 0 Å². The molecule has 1 N–H and O–H groups in total. The van der Waals surface area contributed by atoms with Crippen LogP contribution in [0.4, 0.5) is 10.1 Å². The Morgan fingerprint density at radius 1 is 1.16 bits per heavy atom. The fourth-order valence-electron chi connectivity index (χ4n) is 4.27. The average Bonchev–Trinajstić information content (AvgIpc) is 3.46. The number of hydrogen-bond acceptors (Lipinski definition) is 6. The van der Waals surface area contributed by atoms with Gasteiger partial charge >= 0.3 is 5.97 Å². The van der Waals surface area contributed by atoms with Gasteiger partial charge in [-0.25, -0.2) is 9.18 Å². The number of nitrogens with zero attached hydrogens (tertiary/aromatic N) is 3. The van der Waals surface area contributed by atoms with Crippen molar-refractivity contribution in [1.82, 2.24) is 9.47 Å². The molecule has 7 nitrogen and oxygen atoms in total. The van der Waals surface area contributed by atoms with Gasteiger partial charge in [0.05, 0.1) is 17.7 Å². The van der Waals surface area contributed by atoms with Crippen molar-refractivity contribution < 1.29 is 19.1 Å². The number of Topliss-reactive ketones (excluding diaryl/α,β-unsaturated/α-hetero) is 1. The summed E-state index contributed by atoms with van der Waals surface area (Å²) in [6, 6.07) is 4.80. The second-order valence-electron chi connectivity index (χ2n) is 8.33. The van der Waals surface area contributed by atoms with Gasteiger partial charge in [0.15, 0.2) is 5.78 Å². The Balaban J connectivity index is 1.40. The molecular formula is C23H22FN3O4S. The minimum Gasteiger partial charge on any atom is -0.477 e. The molecule has 9 heteroatoms. The van der Waals surface area contributed by atoms with E-state index < -0.39 is 17.2 Å². The minimum absolute atomic E-state index is 0.0827. The smallest absolute Gasteiger partial charge is 0.341 e. The second kappa shape index (κ2) is 8.14. The van der Waals surface area contributed by atoms with E-state index in [0.29, 0.717) is 43.9 Å². The standard InChI is InChI=1S/C23H22FN3O4S/c24-18-9-16-19(27(15-1-2-15)11-17(22(16)29)23(30)31)10-20(18)26-6-4-25(5-7-26)12-21(28)14-3-8-32-13-14/h3,8-11,13,15H,1-2,4-7,12H2,(H,30,31). The third-order valence-corrected chi connectivity index (χ3v) is 6.88. The zero-order chi connectivity index (χ0) is 22.4. The van der Waals surface area contributed by atoms with Crippen LogP contribution in [0.1, 0.15) is 39.6 Å². The van der Waals surface area contributed by atoms with Crippen molar-refractivity contribution in [3.63, 3.8) is 0 Å². The molecule has 3 heterocycles. The lowest BCUT2D eigenvalue weighted by Gasteiger charge is -2.36. The van der Waals surface area contributed by atoms with Crippen LogP contribution in [0.3, 0.4) is 0 Å². The van der Waals surface area contributed by atoms with Crippen molar-refractivity contribution in [3.8, 4) is 0 Å². The molecule has 0 spiro atoms. The summed E-state index contributed by atoms with van der Waals surface area (Å²) in [4.78, 5) is 40.5. The van der Waals surface area contributed by atoms with Gasteiger partial charge in [-0.2, -0.15) is 11.3 Å². The number of ketones is 1. The highest BCUT2D eigenvalue weighted by atomic mass is 32.1. The summed E-state index contributed by atoms with van der Waals surface area (Å²) in [5.74, 6) is -1.76. The number of pyridine rings is 1. The summed E-state index contributed by atoms with van der Waals surface area (Å²) in [6.07, 6.45) is 3.20. The van der Waals surface area contributed by atoms with Crippen LogP contribution in [0.2, 0.25) is 0 Å². The number of carboxylic acids is 1. The predicted octanol–water partition coefficient (Wildman–Crippen LogP) is 3.24. The quantitative estimate of drug-likeness (QED) is 0.575. The van der Waals surface area contributed by atoms with Crippen LogP contribution < -0.4 is 10.3 Å². The first kappa shape index (κ1) is 20.8. The summed E-state index contributed by atoms with van der Waals surface area (Å²) < 4.78 is 16.9. The molecule has 2 aliphatic rings. The van der Waals surface area contributed by atoms with E-state index in [2.05, 4.69) is 4.90 Å². The molecule has 0 radical (unpaired) electrons. The Kier molecular flexibility index (Phi) is 5.30. The molecule has 1 saturated carbocycles. The van der Waals surface area contributed by atoms with Crippen molar-refractivity contribution in [2.24, 2.45) is 0 Å². The Morgan fingerprint density at radius 3 is 2.53 bits per heavy atom. The molecule has 32 heavy (non-hydrogen) atoms. The Bertz CT molecular complexity index is 1260. The summed E-state index contributed by atoms with van der Waals surface area (Å²) in [7, 11) is 0. The number of carboxylic acid groups (broad SMARTS) is 1. The highest BCUT2D eigenvalue weighted by Gasteiger charge is 2.28. The van der Waals surface area contributed by atoms with E-state index in [1.54, 1.807) is 10.6 Å². The zero-order valence-corrected chi connectivity index (χ0v) is 18.1. The number of rotatable bonds is 6. The third-order valence-electron chi connectivity index (χ3n) is 6.19. The zero-order valence-electron chi connectivity index (χ0n) is 17.3. The van der Waals surface area contributed by atoms with E-state index in [1.165, 1.54) is 23.6 Å². The molecule has 3 aromatic rings. The van der Waals surface area contributed by atoms with Crippen LogP contribution in [0.5, 0.6) is 0 Å². The van der Waals surface area contributed by atoms with Crippen molar-refractivity contribution in [3.05, 3.63) is 62.3 Å². The highest BCUT2D eigenvalue weighted by molar-refractivity contribution is 7.08. The Labute approximate surface area is 187 Å². The number of carbonyl (C=O) groups is 2. The van der Waals surface area contributed by atoms with Crippen LogP contribution in [0, 0.1) is 5.82 Å². The SMILES string of the molecule is O=C(CN1CCN(c2cc3c(cc2F)c(=O)c(C(=O)O)cn3C2CC2)CC1)c1ccsc1. The van der Waals surface area contributed by atoms with E-state index in [9.17, 15) is 19.5 Å². The van der Waals surface area contributed by atoms with Crippen LogP contribution in [-0.2, 0) is 0 Å². The van der Waals surface area contributed by atoms with E-state index in [4.69, 9.17) is 0 Å². The maximum Gasteiger partial charge on any atom is 0.341 e. The molecule has 166 valence electrons. The van der Waals surface area contributed by atoms with Gasteiger partial charge in [-0.05, 0) is 36.4 Å². The minimum atomic E-state index is -1.30. The molecule has 0 bridgehead atoms. The highest BCUT2D eigenvalue weighted by Crippen LogP contribution is 2.38. The van der Waals surface area contributed by atoms with Crippen molar-refractivity contribution in [2.45, 2.75) is 18.9 Å². The van der Waals surface area contributed by atoms with E-state index in [0.717, 1.165) is 18.4 Å². The third kappa shape index (κ3) is 3.82. The average molecular weight is 456 g/mol. The van der Waals surface area contributed by atoms with Crippen LogP contribution >= 0.6 is 11.3 Å². The number of thiophene rings is 1. The van der Waals surface area contributed by atoms with Gasteiger partial charge < -0.3 is 14.6 Å². The first-order chi connectivity index (χ1) is 15.4. The summed E-state index contributed by atoms with van der Waals surface area (Å²) in [5, 5.41) is 13.2. The summed E-state index contributed by atoms with van der Waals surface area (Å²) in [5.41, 5.74) is 0.691. The Morgan fingerprint density at radius 2 is 1.91 bits per heavy atom. The van der Waals surface area contributed by atoms with Gasteiger partial charge in [0.25, 0.3) is 0 Å². The molecule has 1 aliphatic heterocycles. The van der Waals surface area contributed by atoms with Gasteiger partial charge in [0.2, 0.25) is 5.43 Å². The van der Waals surface area contributed by atoms with E-state index in [1.807, 2.05) is 21.7 Å². The number of carbonyl (C=O) groups excluding carboxylic acids is 1. The molecule has 1 saturated heterocycles. The number of aromatic nitrogens is 1. The number of halogens is 1. The fraction of sp³-hybridized carbons (Fsp3) is 0.348. The molecular weight excluding hydrogens is 433 g/mol. The molecule has 5 rings (SSSR count). The lowest BCUT2D eigenvalue weighted by molar-refractivity contribution is 0.0694. The first-order valence-corrected chi connectivity index (χ1v) is 11.5. The lowest BCUT2D eigenvalue weighted by Crippen LogP contribution is -2.48. The van der Waals surface area contributed by atoms with Crippen molar-refractivity contribution >= 4 is 39.7 Å². The number of fused-ring (bicyclic) bond motifs is 1. The van der Waals surface area contributed by atoms with Crippen molar-refractivity contribution in [2.75, 3.05) is 37.6 Å². The fourth-order valence-corrected chi connectivity index (χ4v) is 4.93. The predicted molar refractivity (Wildman–Crippen MR) is 121 cm³/mol. The van der Waals surface area contributed by atoms with E-state index >= 15 is 4.39 Å². The van der Waals surface area contributed by atoms with Crippen molar-refractivity contribution in [1.29, 1.82) is 0 Å². The van der Waals surface area contributed by atoms with Crippen LogP contribution in [0.15, 0.2) is 40.0 Å². The van der Waals surface area contributed by atoms with Crippen LogP contribution in [0.25, 0.3) is 10.9 Å². The first-order valence-electron chi connectivity index (χ1n) is 10.6. The molecule has 1 aliphatic carbocycles. The molecule has 0 unspecified atom stereocenters. The second-order valence-corrected chi connectivity index (χ2v) is 9.11. The summed E-state index contributed by atoms with van der Waals surface area (Å²) >= 11 is 1.49. The molecule has 2 aromatic heterocycles. The topological polar surface area (TPSA) is 82.8 Å². The molecule has 0 atom stereocenters. The largest absolute Gasteiger partial charge is 0.477 e. The van der Waals surface area contributed by atoms with Crippen LogP contribution in [-0.4, -0.2) is 59.0 Å². The number of hydrogen-bond donors (Lipinski definition) is 1. The molecule has 0 amide bonds. The Hall–Kier alpha value is -3.04. The maximum absolute atomic E-state index is 15.1. The van der Waals surface area contributed by atoms with Gasteiger partial charge in [-0.15, -0.1) is 0 Å². The monoisotopic (exact) mass is 455 g/mol. The number of anilines is 1. The van der Waals surface area contributed by atoms with E-state index in [-0.39, 0.29) is 22.8 Å².